The van der Waals surface area contributed by atoms with Gasteiger partial charge in [-0.15, -0.1) is 11.3 Å². The number of rotatable bonds is 30. The predicted octanol–water partition coefficient (Wildman–Crippen LogP) is 14.2. The average molecular weight is 1570 g/mol. The number of aliphatic hydroxyl groups excluding tert-OH is 6. The second-order valence-corrected chi connectivity index (χ2v) is 29.5. The highest BCUT2D eigenvalue weighted by atomic mass is 32.1. The van der Waals surface area contributed by atoms with Crippen LogP contribution < -0.4 is 0 Å². The monoisotopic (exact) mass is 1570 g/mol. The maximum Gasteiger partial charge on any atom is 0.206 e. The fraction of sp³-hybridized carbons (Fsp3) is 0.290. The summed E-state index contributed by atoms with van der Waals surface area (Å²) in [5, 5.41) is 55.7. The van der Waals surface area contributed by atoms with Crippen LogP contribution in [0.25, 0.3) is 0 Å². The highest BCUT2D eigenvalue weighted by Crippen LogP contribution is 2.42. The van der Waals surface area contributed by atoms with Gasteiger partial charge in [-0.05, 0) is 166 Å². The van der Waals surface area contributed by atoms with Crippen LogP contribution in [-0.4, -0.2) is 145 Å². The first-order valence-corrected chi connectivity index (χ1v) is 39.2. The van der Waals surface area contributed by atoms with Crippen molar-refractivity contribution in [3.8, 4) is 0 Å². The largest absolute Gasteiger partial charge is 0.449 e. The molecule has 0 radical (unpaired) electrons. The van der Waals surface area contributed by atoms with E-state index < -0.39 is 39.6 Å². The molecule has 8 aromatic heterocycles. The lowest BCUT2D eigenvalue weighted by Crippen LogP contribution is -2.31. The van der Waals surface area contributed by atoms with Gasteiger partial charge in [-0.25, -0.2) is 9.97 Å². The maximum absolute atomic E-state index is 11.5. The van der Waals surface area contributed by atoms with Crippen molar-refractivity contribution in [2.45, 2.75) is 134 Å². The van der Waals surface area contributed by atoms with E-state index in [-0.39, 0.29) is 51.2 Å². The fourth-order valence-corrected chi connectivity index (χ4v) is 13.6. The second-order valence-electron chi connectivity index (χ2n) is 28.5. The van der Waals surface area contributed by atoms with E-state index in [1.807, 2.05) is 96.4 Å². The Morgan fingerprint density at radius 2 is 0.748 bits per heavy atom. The van der Waals surface area contributed by atoms with E-state index in [4.69, 9.17) is 35.1 Å². The van der Waals surface area contributed by atoms with Crippen molar-refractivity contribution in [3.05, 3.63) is 356 Å². The zero-order valence-corrected chi connectivity index (χ0v) is 66.2. The van der Waals surface area contributed by atoms with Gasteiger partial charge in [-0.3, -0.25) is 58.7 Å². The normalized spacial score (nSPS) is 12.4. The molecule has 1 saturated carbocycles. The molecule has 4 aromatic carbocycles. The predicted molar refractivity (Wildman–Crippen MR) is 443 cm³/mol. The summed E-state index contributed by atoms with van der Waals surface area (Å²) in [6.07, 6.45) is 28.2. The minimum Gasteiger partial charge on any atom is -0.449 e. The zero-order valence-electron chi connectivity index (χ0n) is 65.4. The summed E-state index contributed by atoms with van der Waals surface area (Å²) in [6.45, 7) is 5.74. The Hall–Kier alpha value is -11.6. The Morgan fingerprint density at radius 1 is 0.391 bits per heavy atom. The second kappa shape index (κ2) is 47.2. The number of aliphatic hydroxyl groups is 6. The minimum absolute atomic E-state index is 0.00540. The SMILES string of the molecule is CC(C)(Cc1ccc(C(=O)CO)nc1)c1ccccc1.C[C@@H](Cc1ccc(C(=O)CO)nc1)c1ccccc1.C[C@H](Cc1ccc(C(=O)CO)nc1)c1ccccc1.O=C(CO)c1ccc(CC2(c3ccccc3)CCCCC2)cn1.O=C(CO)c1ccc(CCc2ncco2)cn1.O=C(CO)c1ccc(CCc2nccs2)cn1. The van der Waals surface area contributed by atoms with Crippen LogP contribution in [-0.2, 0) is 62.2 Å². The summed E-state index contributed by atoms with van der Waals surface area (Å²) in [5.74, 6) is -0.595. The minimum atomic E-state index is -0.511. The molecule has 0 spiro atoms. The number of carbonyl (C=O) groups excluding carboxylic acids is 6. The van der Waals surface area contributed by atoms with Crippen LogP contribution in [0.3, 0.4) is 0 Å². The van der Waals surface area contributed by atoms with Crippen molar-refractivity contribution in [2.75, 3.05) is 39.6 Å². The maximum atomic E-state index is 11.5. The molecule has 1 fully saturated rings. The number of pyridine rings is 6. The molecule has 22 heteroatoms. The van der Waals surface area contributed by atoms with Crippen LogP contribution in [0.4, 0.5) is 0 Å². The van der Waals surface area contributed by atoms with Crippen LogP contribution in [0, 0.1) is 0 Å². The molecule has 0 bridgehead atoms. The van der Waals surface area contributed by atoms with Crippen molar-refractivity contribution in [1.29, 1.82) is 0 Å². The van der Waals surface area contributed by atoms with Crippen LogP contribution in [0.1, 0.15) is 201 Å². The van der Waals surface area contributed by atoms with Crippen molar-refractivity contribution >= 4 is 46.0 Å². The lowest BCUT2D eigenvalue weighted by molar-refractivity contribution is 0.0893. The average Bonchev–Trinajstić information content (AvgIpc) is 0.986. The first-order chi connectivity index (χ1) is 55.7. The van der Waals surface area contributed by atoms with Crippen molar-refractivity contribution in [2.24, 2.45) is 0 Å². The lowest BCUT2D eigenvalue weighted by Gasteiger charge is -2.38. The van der Waals surface area contributed by atoms with Gasteiger partial charge in [-0.2, -0.15) is 0 Å². The van der Waals surface area contributed by atoms with Crippen LogP contribution in [0.2, 0.25) is 0 Å². The lowest BCUT2D eigenvalue weighted by atomic mass is 9.66. The van der Waals surface area contributed by atoms with Crippen LogP contribution in [0.5, 0.6) is 0 Å². The van der Waals surface area contributed by atoms with E-state index in [9.17, 15) is 28.8 Å². The number of Topliss-reactive ketones (excluding diaryl/α,β-unsaturated/α-hetero) is 6. The molecule has 12 aromatic rings. The van der Waals surface area contributed by atoms with Crippen molar-refractivity contribution in [1.82, 2.24) is 39.9 Å². The highest BCUT2D eigenvalue weighted by Gasteiger charge is 2.34. The van der Waals surface area contributed by atoms with Crippen molar-refractivity contribution < 1.29 is 63.8 Å². The number of thiazole rings is 1. The topological polar surface area (TPSA) is 340 Å². The van der Waals surface area contributed by atoms with Gasteiger partial charge in [0.05, 0.1) is 11.2 Å². The summed E-state index contributed by atoms with van der Waals surface area (Å²) in [5.41, 5.74) is 13.8. The number of aromatic nitrogens is 8. The molecule has 6 N–H and O–H groups in total. The third-order valence-corrected chi connectivity index (χ3v) is 20.3. The van der Waals surface area contributed by atoms with Crippen LogP contribution >= 0.6 is 11.3 Å². The first-order valence-electron chi connectivity index (χ1n) is 38.3. The number of nitrogens with zero attached hydrogens (tertiary/aromatic N) is 8. The first kappa shape index (κ1) is 89.0. The standard InChI is InChI=1S/C20H23NO2.C17H19NO2.2C16H17NO2.C12H12N2O3.C12H12N2O2S/c22-15-19(23)18-10-9-16(14-21-18)13-20(11-5-2-6-12-20)17-7-3-1-4-8-17;1-17(2,14-6-4-3-5-7-14)10-13-8-9-15(18-11-13)16(20)12-19;2*1-12(14-5-3-2-4-6-14)9-13-7-8-15(17-10-13)16(19)11-18;2*15-8-11(16)10-3-1-9(7-14-10)2-4-12-13-5-6-17-12/h1,3-4,7-10,14,22H,2,5-6,11-13,15H2;3-9,11,19H,10,12H2,1-2H3;2*2-8,10,12,18H,9,11H2,1H3;2*1,3,5-7,15H,2,4,8H2/t;;2*12-;;/m..10../s1. The van der Waals surface area contributed by atoms with E-state index in [0.29, 0.717) is 52.6 Å². The molecule has 1 aliphatic rings. The number of benzene rings is 4. The number of hydrogen-bond acceptors (Lipinski definition) is 22. The Kier molecular flexibility index (Phi) is 36.5. The van der Waals surface area contributed by atoms with Gasteiger partial charge in [0.15, 0.2) is 5.89 Å². The molecule has 13 rings (SSSR count). The Morgan fingerprint density at radius 3 is 1.10 bits per heavy atom. The molecule has 1 aliphatic carbocycles. The van der Waals surface area contributed by atoms with Gasteiger partial charge in [0.2, 0.25) is 34.7 Å². The van der Waals surface area contributed by atoms with Gasteiger partial charge in [0.25, 0.3) is 0 Å². The molecular weight excluding hydrogens is 1470 g/mol. The van der Waals surface area contributed by atoms with E-state index in [1.165, 1.54) is 60.6 Å². The van der Waals surface area contributed by atoms with Gasteiger partial charge < -0.3 is 35.1 Å². The highest BCUT2D eigenvalue weighted by molar-refractivity contribution is 7.09. The molecule has 0 unspecified atom stereocenters. The third-order valence-electron chi connectivity index (χ3n) is 19.5. The summed E-state index contributed by atoms with van der Waals surface area (Å²) in [7, 11) is 0. The molecule has 115 heavy (non-hydrogen) atoms. The molecular formula is C93H100N8O13S. The van der Waals surface area contributed by atoms with Gasteiger partial charge in [0.1, 0.15) is 80.1 Å². The smallest absolute Gasteiger partial charge is 0.206 e. The van der Waals surface area contributed by atoms with Gasteiger partial charge >= 0.3 is 0 Å². The summed E-state index contributed by atoms with van der Waals surface area (Å²) < 4.78 is 5.12. The van der Waals surface area contributed by atoms with Gasteiger partial charge in [-0.1, -0.05) is 205 Å². The fourth-order valence-electron chi connectivity index (χ4n) is 13.0. The molecule has 21 nitrogen and oxygen atoms in total. The molecule has 8 heterocycles. The molecule has 0 aliphatic heterocycles. The summed E-state index contributed by atoms with van der Waals surface area (Å²) in [6, 6.07) is 63.1. The summed E-state index contributed by atoms with van der Waals surface area (Å²) in [4.78, 5) is 100. The van der Waals surface area contributed by atoms with E-state index in [1.54, 1.807) is 97.3 Å². The number of hydrogen-bond donors (Lipinski definition) is 6. The van der Waals surface area contributed by atoms with Crippen LogP contribution in [0.15, 0.2) is 260 Å². The molecule has 2 atom stereocenters. The Balaban J connectivity index is 0.000000173. The summed E-state index contributed by atoms with van der Waals surface area (Å²) >= 11 is 1.64. The number of oxazole rings is 1. The number of aryl methyl sites for hydroxylation is 4. The van der Waals surface area contributed by atoms with Crippen molar-refractivity contribution in [3.63, 3.8) is 0 Å². The van der Waals surface area contributed by atoms with E-state index >= 15 is 0 Å². The van der Waals surface area contributed by atoms with E-state index in [0.717, 1.165) is 83.3 Å². The quantitative estimate of drug-likeness (QED) is 0.0228. The Bertz CT molecular complexity index is 4650. The number of carbonyl (C=O) groups is 6. The molecule has 596 valence electrons. The Labute approximate surface area is 675 Å². The molecule has 0 saturated heterocycles. The number of ketones is 6. The van der Waals surface area contributed by atoms with Gasteiger partial charge in [0, 0.05) is 61.6 Å². The zero-order chi connectivity index (χ0) is 82.2. The molecule has 0 amide bonds. The third kappa shape index (κ3) is 29.1. The van der Waals surface area contributed by atoms with E-state index in [2.05, 4.69) is 134 Å².